The topological polar surface area (TPSA) is 43.4 Å². The predicted molar refractivity (Wildman–Crippen MR) is 53.4 cm³/mol. The van der Waals surface area contributed by atoms with Crippen molar-refractivity contribution in [3.05, 3.63) is 23.8 Å². The Hall–Kier alpha value is -1.03. The van der Waals surface area contributed by atoms with Crippen LogP contribution < -0.4 is 4.74 Å². The fourth-order valence-corrected chi connectivity index (χ4v) is 2.19. The lowest BCUT2D eigenvalue weighted by Gasteiger charge is -2.17. The smallest absolute Gasteiger partial charge is 0.175 e. The number of fused-ring (bicyclic) bond motifs is 1. The number of benzene rings is 1. The van der Waals surface area contributed by atoms with Gasteiger partial charge in [-0.15, -0.1) is 0 Å². The van der Waals surface area contributed by atoms with E-state index in [0.717, 1.165) is 24.2 Å². The third-order valence-corrected chi connectivity index (χ3v) is 3.43. The van der Waals surface area contributed by atoms with Crippen molar-refractivity contribution < 1.29 is 13.2 Å². The number of hydrogen-bond donors (Lipinski definition) is 0. The maximum atomic E-state index is 11.3. The summed E-state index contributed by atoms with van der Waals surface area (Å²) in [6, 6.07) is 5.09. The number of sulfone groups is 1. The van der Waals surface area contributed by atoms with Gasteiger partial charge in [0.2, 0.25) is 0 Å². The van der Waals surface area contributed by atoms with Crippen molar-refractivity contribution in [3.8, 4) is 5.75 Å². The predicted octanol–water partition coefficient (Wildman–Crippen LogP) is 1.42. The van der Waals surface area contributed by atoms with Crippen LogP contribution in [0.25, 0.3) is 0 Å². The Morgan fingerprint density at radius 2 is 2.14 bits per heavy atom. The number of hydrogen-bond acceptors (Lipinski definition) is 3. The Kier molecular flexibility index (Phi) is 2.23. The Labute approximate surface area is 83.6 Å². The first-order chi connectivity index (χ1) is 6.57. The summed E-state index contributed by atoms with van der Waals surface area (Å²) in [5.74, 6) is 0.721. The minimum Gasteiger partial charge on any atom is -0.493 e. The Morgan fingerprint density at radius 3 is 2.86 bits per heavy atom. The Bertz CT molecular complexity index is 448. The van der Waals surface area contributed by atoms with Crippen LogP contribution in [0.2, 0.25) is 0 Å². The van der Waals surface area contributed by atoms with Crippen molar-refractivity contribution in [1.82, 2.24) is 0 Å². The summed E-state index contributed by atoms with van der Waals surface area (Å²) in [6.45, 7) is 0.681. The van der Waals surface area contributed by atoms with Gasteiger partial charge in [0.15, 0.2) is 9.84 Å². The van der Waals surface area contributed by atoms with Crippen LogP contribution in [0.15, 0.2) is 23.1 Å². The first-order valence-corrected chi connectivity index (χ1v) is 6.42. The van der Waals surface area contributed by atoms with Gasteiger partial charge >= 0.3 is 0 Å². The fourth-order valence-electron chi connectivity index (χ4n) is 1.55. The molecule has 0 unspecified atom stereocenters. The second kappa shape index (κ2) is 3.28. The average molecular weight is 212 g/mol. The van der Waals surface area contributed by atoms with E-state index in [2.05, 4.69) is 0 Å². The number of aryl methyl sites for hydroxylation is 1. The monoisotopic (exact) mass is 212 g/mol. The average Bonchev–Trinajstić information content (AvgIpc) is 2.16. The SMILES string of the molecule is CS(=O)(=O)c1ccc2c(c1)OCCC2. The highest BCUT2D eigenvalue weighted by atomic mass is 32.2. The minimum absolute atomic E-state index is 0.332. The molecule has 1 aliphatic heterocycles. The van der Waals surface area contributed by atoms with Crippen LogP contribution >= 0.6 is 0 Å². The van der Waals surface area contributed by atoms with Gasteiger partial charge in [-0.25, -0.2) is 8.42 Å². The molecule has 0 saturated carbocycles. The van der Waals surface area contributed by atoms with Crippen LogP contribution in [0.1, 0.15) is 12.0 Å². The van der Waals surface area contributed by atoms with E-state index >= 15 is 0 Å². The molecule has 0 aliphatic carbocycles. The largest absolute Gasteiger partial charge is 0.493 e. The number of ether oxygens (including phenoxy) is 1. The number of rotatable bonds is 1. The van der Waals surface area contributed by atoms with Crippen LogP contribution in [0, 0.1) is 0 Å². The van der Waals surface area contributed by atoms with Crippen LogP contribution in [0.4, 0.5) is 0 Å². The van der Waals surface area contributed by atoms with Crippen LogP contribution in [-0.4, -0.2) is 21.3 Å². The molecule has 2 rings (SSSR count). The summed E-state index contributed by atoms with van der Waals surface area (Å²) in [6.07, 6.45) is 3.18. The van der Waals surface area contributed by atoms with Crippen LogP contribution in [0.3, 0.4) is 0 Å². The standard InChI is InChI=1S/C10H12O3S/c1-14(11,12)9-5-4-8-3-2-6-13-10(8)7-9/h4-5,7H,2-3,6H2,1H3. The summed E-state index contributed by atoms with van der Waals surface area (Å²) in [5.41, 5.74) is 1.10. The first kappa shape index (κ1) is 9.52. The van der Waals surface area contributed by atoms with Gasteiger partial charge in [-0.2, -0.15) is 0 Å². The molecule has 76 valence electrons. The zero-order chi connectivity index (χ0) is 10.2. The highest BCUT2D eigenvalue weighted by molar-refractivity contribution is 7.90. The molecule has 0 N–H and O–H groups in total. The van der Waals surface area contributed by atoms with Crippen LogP contribution in [0.5, 0.6) is 5.75 Å². The summed E-state index contributed by atoms with van der Waals surface area (Å²) < 4.78 is 27.9. The van der Waals surface area contributed by atoms with Gasteiger partial charge < -0.3 is 4.74 Å². The molecule has 0 atom stereocenters. The molecular weight excluding hydrogens is 200 g/mol. The normalized spacial score (nSPS) is 15.8. The third-order valence-electron chi connectivity index (χ3n) is 2.31. The fraction of sp³-hybridized carbons (Fsp3) is 0.400. The van der Waals surface area contributed by atoms with E-state index < -0.39 is 9.84 Å². The van der Waals surface area contributed by atoms with Gasteiger partial charge in [0.05, 0.1) is 11.5 Å². The zero-order valence-corrected chi connectivity index (χ0v) is 8.80. The molecule has 14 heavy (non-hydrogen) atoms. The van der Waals surface area contributed by atoms with Crippen molar-refractivity contribution in [2.45, 2.75) is 17.7 Å². The molecule has 0 amide bonds. The highest BCUT2D eigenvalue weighted by Gasteiger charge is 2.14. The summed E-state index contributed by atoms with van der Waals surface area (Å²) in [4.78, 5) is 0.332. The van der Waals surface area contributed by atoms with E-state index in [1.807, 2.05) is 6.07 Å². The van der Waals surface area contributed by atoms with Gasteiger partial charge in [-0.3, -0.25) is 0 Å². The second-order valence-corrected chi connectivity index (χ2v) is 5.51. The molecule has 4 heteroatoms. The summed E-state index contributed by atoms with van der Waals surface area (Å²) >= 11 is 0. The molecule has 0 bridgehead atoms. The van der Waals surface area contributed by atoms with E-state index in [4.69, 9.17) is 4.74 Å². The summed E-state index contributed by atoms with van der Waals surface area (Å²) in [5, 5.41) is 0. The Balaban J connectivity index is 2.49. The lowest BCUT2D eigenvalue weighted by Crippen LogP contribution is -2.09. The lowest BCUT2D eigenvalue weighted by molar-refractivity contribution is 0.287. The molecule has 1 aromatic rings. The second-order valence-electron chi connectivity index (χ2n) is 3.49. The molecule has 1 aromatic carbocycles. The molecule has 3 nitrogen and oxygen atoms in total. The van der Waals surface area contributed by atoms with E-state index in [9.17, 15) is 8.42 Å². The van der Waals surface area contributed by atoms with Crippen molar-refractivity contribution in [2.24, 2.45) is 0 Å². The quantitative estimate of drug-likeness (QED) is 0.707. The summed E-state index contributed by atoms with van der Waals surface area (Å²) in [7, 11) is -3.12. The van der Waals surface area contributed by atoms with Gasteiger partial charge in [0, 0.05) is 6.26 Å². The van der Waals surface area contributed by atoms with Crippen molar-refractivity contribution >= 4 is 9.84 Å². The molecular formula is C10H12O3S. The molecule has 0 saturated heterocycles. The highest BCUT2D eigenvalue weighted by Crippen LogP contribution is 2.27. The van der Waals surface area contributed by atoms with Crippen molar-refractivity contribution in [1.29, 1.82) is 0 Å². The maximum absolute atomic E-state index is 11.3. The van der Waals surface area contributed by atoms with E-state index in [0.29, 0.717) is 11.5 Å². The molecule has 0 radical (unpaired) electrons. The van der Waals surface area contributed by atoms with Crippen LogP contribution in [-0.2, 0) is 16.3 Å². The molecule has 0 aromatic heterocycles. The van der Waals surface area contributed by atoms with E-state index in [-0.39, 0.29) is 0 Å². The maximum Gasteiger partial charge on any atom is 0.175 e. The van der Waals surface area contributed by atoms with Crippen molar-refractivity contribution in [3.63, 3.8) is 0 Å². The minimum atomic E-state index is -3.12. The van der Waals surface area contributed by atoms with Gasteiger partial charge in [-0.05, 0) is 30.5 Å². The van der Waals surface area contributed by atoms with Gasteiger partial charge in [-0.1, -0.05) is 6.07 Å². The molecule has 0 spiro atoms. The van der Waals surface area contributed by atoms with E-state index in [1.54, 1.807) is 12.1 Å². The van der Waals surface area contributed by atoms with E-state index in [1.165, 1.54) is 6.26 Å². The molecule has 1 aliphatic rings. The van der Waals surface area contributed by atoms with Gasteiger partial charge in [0.25, 0.3) is 0 Å². The third kappa shape index (κ3) is 1.75. The van der Waals surface area contributed by atoms with Gasteiger partial charge in [0.1, 0.15) is 5.75 Å². The molecule has 0 fully saturated rings. The zero-order valence-electron chi connectivity index (χ0n) is 7.99. The Morgan fingerprint density at radius 1 is 1.36 bits per heavy atom. The first-order valence-electron chi connectivity index (χ1n) is 4.53. The lowest BCUT2D eigenvalue weighted by atomic mass is 10.1. The molecule has 1 heterocycles. The van der Waals surface area contributed by atoms with Crippen molar-refractivity contribution in [2.75, 3.05) is 12.9 Å².